The number of hydrogen-bond donors (Lipinski definition) is 5. The van der Waals surface area contributed by atoms with Crippen molar-refractivity contribution in [1.82, 2.24) is 15.6 Å². The summed E-state index contributed by atoms with van der Waals surface area (Å²) >= 11 is 1.38. The second-order valence-electron chi connectivity index (χ2n) is 9.36. The Balaban J connectivity index is 1.21. The Morgan fingerprint density at radius 2 is 1.97 bits per heavy atom. The normalized spacial score (nSPS) is 36.0. The lowest BCUT2D eigenvalue weighted by Crippen LogP contribution is -2.48. The first-order valence-corrected chi connectivity index (χ1v) is 14.0. The summed E-state index contributed by atoms with van der Waals surface area (Å²) in [6.45, 7) is 0. The summed E-state index contributed by atoms with van der Waals surface area (Å²) < 4.78 is 31.1. The molecule has 11 heteroatoms. The minimum Gasteiger partial charge on any atom is -0.381 e. The molecule has 7 unspecified atom stereocenters. The fourth-order valence-corrected chi connectivity index (χ4v) is 7.94. The number of hydrazine groups is 1. The third-order valence-electron chi connectivity index (χ3n) is 7.34. The molecule has 0 spiro atoms. The molecule has 1 aromatic carbocycles. The molecule has 2 aliphatic heterocycles. The third kappa shape index (κ3) is 4.51. The molecule has 176 valence electrons. The van der Waals surface area contributed by atoms with E-state index < -0.39 is 15.5 Å². The van der Waals surface area contributed by atoms with E-state index in [-0.39, 0.29) is 17.9 Å². The summed E-state index contributed by atoms with van der Waals surface area (Å²) in [5.41, 5.74) is 7.83. The first-order valence-electron chi connectivity index (χ1n) is 11.2. The molecule has 3 fully saturated rings. The second-order valence-corrected chi connectivity index (χ2v) is 12.3. The van der Waals surface area contributed by atoms with Crippen molar-refractivity contribution < 1.29 is 17.9 Å². The number of nitrogens with one attached hydrogen (secondary N) is 5. The van der Waals surface area contributed by atoms with Gasteiger partial charge in [-0.2, -0.15) is 4.72 Å². The maximum atomic E-state index is 13.1. The van der Waals surface area contributed by atoms with Crippen LogP contribution in [0.15, 0.2) is 23.1 Å². The number of ether oxygens (including phenoxy) is 1. The zero-order chi connectivity index (χ0) is 22.5. The van der Waals surface area contributed by atoms with Crippen LogP contribution in [0.4, 0.5) is 11.4 Å². The highest BCUT2D eigenvalue weighted by Gasteiger charge is 2.49. The van der Waals surface area contributed by atoms with Gasteiger partial charge in [0.05, 0.1) is 12.4 Å². The van der Waals surface area contributed by atoms with E-state index in [1.165, 1.54) is 11.8 Å². The maximum absolute atomic E-state index is 13.1. The number of carbonyl (C=O) groups is 1. The lowest BCUT2D eigenvalue weighted by atomic mass is 9.63. The zero-order valence-electron chi connectivity index (χ0n) is 18.3. The van der Waals surface area contributed by atoms with E-state index in [0.29, 0.717) is 29.7 Å². The number of anilines is 2. The van der Waals surface area contributed by atoms with Crippen LogP contribution in [-0.2, 0) is 19.6 Å². The third-order valence-corrected chi connectivity index (χ3v) is 9.21. The number of carbonyl (C=O) groups excluding carboxylic acids is 1. The Morgan fingerprint density at radius 3 is 2.75 bits per heavy atom. The quantitative estimate of drug-likeness (QED) is 0.431. The van der Waals surface area contributed by atoms with Crippen LogP contribution in [0.2, 0.25) is 0 Å². The van der Waals surface area contributed by atoms with Gasteiger partial charge >= 0.3 is 0 Å². The van der Waals surface area contributed by atoms with Gasteiger partial charge in [0.1, 0.15) is 11.5 Å². The van der Waals surface area contributed by atoms with Crippen molar-refractivity contribution in [2.24, 2.45) is 17.8 Å². The van der Waals surface area contributed by atoms with Crippen molar-refractivity contribution in [3.8, 4) is 0 Å². The van der Waals surface area contributed by atoms with Crippen molar-refractivity contribution in [3.05, 3.63) is 18.2 Å². The molecule has 2 aliphatic carbocycles. The molecule has 0 radical (unpaired) electrons. The second kappa shape index (κ2) is 8.77. The van der Waals surface area contributed by atoms with Crippen LogP contribution in [0.3, 0.4) is 0 Å². The van der Waals surface area contributed by atoms with Gasteiger partial charge in [-0.25, -0.2) is 13.8 Å². The number of sulfonamides is 1. The minimum absolute atomic E-state index is 0.0317. The molecule has 7 atom stereocenters. The predicted molar refractivity (Wildman–Crippen MR) is 125 cm³/mol. The average molecular weight is 482 g/mol. The molecule has 2 heterocycles. The largest absolute Gasteiger partial charge is 0.381 e. The number of methoxy groups -OCH3 is 1. The van der Waals surface area contributed by atoms with Gasteiger partial charge in [0.15, 0.2) is 0 Å². The van der Waals surface area contributed by atoms with Gasteiger partial charge < -0.3 is 15.4 Å². The molecule has 1 saturated heterocycles. The van der Waals surface area contributed by atoms with Crippen molar-refractivity contribution in [3.63, 3.8) is 0 Å². The standard InChI is InChI=1S/C21H31N5O4S2/c1-30-13-5-7-14-11(9-13)3-6-15-18(14)24-25-19(15)20(27)22-12-4-8-16-17(10-12)31-21(23-16)26-32(2,28)29/h4,8,10-11,13-15,18-19,21,23-26H,3,5-7,9H2,1-2H3,(H,22,27). The van der Waals surface area contributed by atoms with E-state index >= 15 is 0 Å². The Kier molecular flexibility index (Phi) is 6.14. The summed E-state index contributed by atoms with van der Waals surface area (Å²) in [6.07, 6.45) is 7.05. The Bertz CT molecular complexity index is 990. The Hall–Kier alpha value is -1.37. The van der Waals surface area contributed by atoms with Crippen molar-refractivity contribution >= 4 is 39.1 Å². The number of benzene rings is 1. The van der Waals surface area contributed by atoms with Gasteiger partial charge in [0.2, 0.25) is 15.9 Å². The number of thioether (sulfide) groups is 1. The lowest BCUT2D eigenvalue weighted by Gasteiger charge is -2.44. The zero-order valence-corrected chi connectivity index (χ0v) is 19.9. The van der Waals surface area contributed by atoms with E-state index in [9.17, 15) is 13.2 Å². The van der Waals surface area contributed by atoms with Crippen LogP contribution < -0.4 is 26.2 Å². The summed E-state index contributed by atoms with van der Waals surface area (Å²) in [6, 6.07) is 5.66. The van der Waals surface area contributed by atoms with Crippen LogP contribution in [-0.4, -0.2) is 51.4 Å². The first kappa shape index (κ1) is 22.4. The van der Waals surface area contributed by atoms with E-state index in [0.717, 1.165) is 48.9 Å². The number of rotatable bonds is 5. The van der Waals surface area contributed by atoms with Crippen LogP contribution in [0.5, 0.6) is 0 Å². The molecule has 5 rings (SSSR count). The number of fused-ring (bicyclic) bond motifs is 4. The van der Waals surface area contributed by atoms with Gasteiger partial charge in [0.25, 0.3) is 0 Å². The van der Waals surface area contributed by atoms with Gasteiger partial charge in [-0.1, -0.05) is 11.8 Å². The highest BCUT2D eigenvalue weighted by molar-refractivity contribution is 8.01. The summed E-state index contributed by atoms with van der Waals surface area (Å²) in [7, 11) is -1.51. The maximum Gasteiger partial charge on any atom is 0.243 e. The van der Waals surface area contributed by atoms with Crippen LogP contribution in [0.25, 0.3) is 0 Å². The van der Waals surface area contributed by atoms with Crippen LogP contribution >= 0.6 is 11.8 Å². The Morgan fingerprint density at radius 1 is 1.16 bits per heavy atom. The Labute approximate surface area is 193 Å². The summed E-state index contributed by atoms with van der Waals surface area (Å²) in [5.74, 6) is 1.51. The summed E-state index contributed by atoms with van der Waals surface area (Å²) in [4.78, 5) is 14.0. The molecule has 1 aromatic rings. The van der Waals surface area contributed by atoms with Crippen LogP contribution in [0, 0.1) is 17.8 Å². The molecule has 1 amide bonds. The van der Waals surface area contributed by atoms with Crippen LogP contribution in [0.1, 0.15) is 32.1 Å². The number of hydrogen-bond acceptors (Lipinski definition) is 8. The molecule has 4 aliphatic rings. The average Bonchev–Trinajstić information content (AvgIpc) is 3.35. The minimum atomic E-state index is -3.32. The molecule has 2 saturated carbocycles. The fraction of sp³-hybridized carbons (Fsp3) is 0.667. The highest BCUT2D eigenvalue weighted by atomic mass is 32.2. The predicted octanol–water partition coefficient (Wildman–Crippen LogP) is 1.66. The summed E-state index contributed by atoms with van der Waals surface area (Å²) in [5, 5.41) is 6.18. The first-order chi connectivity index (χ1) is 15.3. The molecule has 9 nitrogen and oxygen atoms in total. The highest BCUT2D eigenvalue weighted by Crippen LogP contribution is 2.46. The van der Waals surface area contributed by atoms with Crippen molar-refractivity contribution in [2.45, 2.75) is 60.7 Å². The topological polar surface area (TPSA) is 121 Å². The van der Waals surface area contributed by atoms with Gasteiger partial charge in [0, 0.05) is 35.3 Å². The van der Waals surface area contributed by atoms with Gasteiger partial charge in [-0.3, -0.25) is 10.2 Å². The van der Waals surface area contributed by atoms with E-state index in [2.05, 4.69) is 26.2 Å². The monoisotopic (exact) mass is 481 g/mol. The SMILES string of the molecule is COC1CCC2C(CCC3C(C(=O)Nc4ccc5c(c4)SC(NS(C)(=O)=O)N5)NNC23)C1. The molecular weight excluding hydrogens is 450 g/mol. The van der Waals surface area contributed by atoms with Crippen molar-refractivity contribution in [2.75, 3.05) is 24.0 Å². The van der Waals surface area contributed by atoms with Gasteiger partial charge in [-0.05, 0) is 62.1 Å². The van der Waals surface area contributed by atoms with Gasteiger partial charge in [-0.15, -0.1) is 0 Å². The van der Waals surface area contributed by atoms with E-state index in [4.69, 9.17) is 4.74 Å². The molecule has 0 aromatic heterocycles. The smallest absolute Gasteiger partial charge is 0.243 e. The van der Waals surface area contributed by atoms with E-state index in [1.807, 2.05) is 25.3 Å². The number of amides is 1. The van der Waals surface area contributed by atoms with Crippen molar-refractivity contribution in [1.29, 1.82) is 0 Å². The molecule has 5 N–H and O–H groups in total. The van der Waals surface area contributed by atoms with E-state index in [1.54, 1.807) is 0 Å². The molecule has 0 bridgehead atoms. The lowest BCUT2D eigenvalue weighted by molar-refractivity contribution is -0.119. The molecular formula is C21H31N5O4S2. The molecule has 32 heavy (non-hydrogen) atoms. The fourth-order valence-electron chi connectivity index (χ4n) is 5.89.